The Hall–Kier alpha value is -5.12. The molecule has 4 heterocycles. The summed E-state index contributed by atoms with van der Waals surface area (Å²) < 4.78 is 0. The summed E-state index contributed by atoms with van der Waals surface area (Å²) in [6.07, 6.45) is 0. The van der Waals surface area contributed by atoms with Gasteiger partial charge in [-0.2, -0.15) is 0 Å². The molecule has 0 saturated carbocycles. The predicted octanol–water partition coefficient (Wildman–Crippen LogP) is 10.4. The van der Waals surface area contributed by atoms with E-state index in [-0.39, 0.29) is 10.2 Å². The Labute approximate surface area is 305 Å². The number of anilines is 6. The number of hydrogen-bond acceptors (Lipinski definition) is 8. The molecule has 2 aliphatic heterocycles. The highest BCUT2D eigenvalue weighted by Gasteiger charge is 2.31. The molecule has 0 N–H and O–H groups in total. The van der Waals surface area contributed by atoms with Crippen LogP contribution in [0.3, 0.4) is 0 Å². The fourth-order valence-corrected chi connectivity index (χ4v) is 10.7. The van der Waals surface area contributed by atoms with Gasteiger partial charge in [-0.1, -0.05) is 72.8 Å². The number of benzene rings is 5. The maximum Gasteiger partial charge on any atom is 0.226 e. The maximum atomic E-state index is 13.7. The van der Waals surface area contributed by atoms with E-state index >= 15 is 0 Å². The van der Waals surface area contributed by atoms with Crippen molar-refractivity contribution in [3.63, 3.8) is 0 Å². The highest BCUT2D eigenvalue weighted by molar-refractivity contribution is 8.15. The van der Waals surface area contributed by atoms with E-state index in [9.17, 15) is 9.59 Å². The molecule has 0 spiro atoms. The number of para-hydroxylation sites is 4. The zero-order valence-electron chi connectivity index (χ0n) is 26.4. The Morgan fingerprint density at radius 1 is 0.380 bits per heavy atom. The lowest BCUT2D eigenvalue weighted by molar-refractivity contribution is -0.106. The van der Waals surface area contributed by atoms with Gasteiger partial charge < -0.3 is 9.80 Å². The second-order valence-corrected chi connectivity index (χ2v) is 15.8. The van der Waals surface area contributed by atoms with E-state index in [1.54, 1.807) is 22.7 Å². The van der Waals surface area contributed by atoms with Crippen molar-refractivity contribution < 1.29 is 9.59 Å². The fourth-order valence-electron chi connectivity index (χ4n) is 6.39. The molecule has 0 atom stereocenters. The summed E-state index contributed by atoms with van der Waals surface area (Å²) in [4.78, 5) is 35.4. The molecule has 4 nitrogen and oxygen atoms in total. The number of rotatable bonds is 8. The molecule has 7 aromatic rings. The Bertz CT molecular complexity index is 2270. The molecule has 0 aliphatic carbocycles. The smallest absolute Gasteiger partial charge is 0.226 e. The van der Waals surface area contributed by atoms with E-state index in [1.165, 1.54) is 23.5 Å². The van der Waals surface area contributed by atoms with Crippen LogP contribution in [0.5, 0.6) is 0 Å². The Morgan fingerprint density at radius 2 is 0.700 bits per heavy atom. The van der Waals surface area contributed by atoms with Crippen LogP contribution in [0.25, 0.3) is 11.1 Å². The quantitative estimate of drug-likeness (QED) is 0.156. The highest BCUT2D eigenvalue weighted by Crippen LogP contribution is 2.44. The minimum absolute atomic E-state index is 0.0284. The zero-order chi connectivity index (χ0) is 33.6. The second kappa shape index (κ2) is 13.0. The first-order valence-corrected chi connectivity index (χ1v) is 19.3. The van der Waals surface area contributed by atoms with E-state index in [1.807, 2.05) is 97.1 Å². The van der Waals surface area contributed by atoms with Gasteiger partial charge in [0.05, 0.1) is 11.1 Å². The first-order valence-electron chi connectivity index (χ1n) is 16.0. The molecule has 0 amide bonds. The van der Waals surface area contributed by atoms with E-state index in [0.29, 0.717) is 11.1 Å². The van der Waals surface area contributed by atoms with Crippen molar-refractivity contribution in [2.75, 3.05) is 9.80 Å². The average Bonchev–Trinajstić information content (AvgIpc) is 3.95. The van der Waals surface area contributed by atoms with Gasteiger partial charge in [-0.3, -0.25) is 9.59 Å². The first-order chi connectivity index (χ1) is 24.6. The Balaban J connectivity index is 1.12. The van der Waals surface area contributed by atoms with Crippen LogP contribution in [-0.2, 0) is 9.59 Å². The third-order valence-corrected chi connectivity index (χ3v) is 12.7. The Kier molecular flexibility index (Phi) is 8.01. The number of carbonyl (C=O) groups is 2. The lowest BCUT2D eigenvalue weighted by Crippen LogP contribution is -2.14. The third-order valence-electron chi connectivity index (χ3n) is 8.61. The van der Waals surface area contributed by atoms with Crippen molar-refractivity contribution in [1.82, 2.24) is 0 Å². The highest BCUT2D eigenvalue weighted by atomic mass is 32.2. The van der Waals surface area contributed by atoms with Crippen LogP contribution in [0, 0.1) is 0 Å². The molecule has 50 heavy (non-hydrogen) atoms. The van der Waals surface area contributed by atoms with Gasteiger partial charge >= 0.3 is 0 Å². The normalized spacial score (nSPS) is 13.4. The van der Waals surface area contributed by atoms with Gasteiger partial charge in [-0.05, 0) is 108 Å². The summed E-state index contributed by atoms with van der Waals surface area (Å²) >= 11 is 5.71. The second-order valence-electron chi connectivity index (χ2n) is 11.7. The predicted molar refractivity (Wildman–Crippen MR) is 210 cm³/mol. The standard InChI is InChI=1S/C42H26N2O2S4/c45-41-39(33-21-23-37(47-33)43(27-13-5-1-6-14-27)28-15-7-2-8-16-28)31-25-36-32(26-35(31)49-41)40(42(46)50-36)34-22-24-38(48-34)44(29-17-9-3-10-18-29)30-19-11-4-12-20-30/h1-26H. The number of thioether (sulfide) groups is 2. The van der Waals surface area contributed by atoms with E-state index in [2.05, 4.69) is 70.5 Å². The summed E-state index contributed by atoms with van der Waals surface area (Å²) in [5.41, 5.74) is 5.60. The molecule has 2 aliphatic rings. The number of nitrogens with zero attached hydrogens (tertiary/aromatic N) is 2. The molecule has 0 fully saturated rings. The topological polar surface area (TPSA) is 40.6 Å². The van der Waals surface area contributed by atoms with E-state index in [0.717, 1.165) is 62.7 Å². The lowest BCUT2D eigenvalue weighted by atomic mass is 10.1. The average molecular weight is 719 g/mol. The van der Waals surface area contributed by atoms with Crippen molar-refractivity contribution in [3.05, 3.63) is 178 Å². The number of carbonyl (C=O) groups excluding carboxylic acids is 2. The molecule has 0 bridgehead atoms. The van der Waals surface area contributed by atoms with Crippen LogP contribution >= 0.6 is 46.2 Å². The number of thiophene rings is 2. The molecule has 2 aromatic heterocycles. The molecule has 8 heteroatoms. The van der Waals surface area contributed by atoms with Crippen LogP contribution < -0.4 is 20.2 Å². The van der Waals surface area contributed by atoms with Crippen molar-refractivity contribution in [2.45, 2.75) is 9.79 Å². The SMILES string of the molecule is O=C1Sc2cc3c(cc2=C1c1ccc(N(c2ccccc2)c2ccccc2)s1)SC(=O)C=3c1ccc(N(c2ccccc2)c2ccccc2)s1. The van der Waals surface area contributed by atoms with Gasteiger partial charge in [0.25, 0.3) is 0 Å². The summed E-state index contributed by atoms with van der Waals surface area (Å²) in [5.74, 6) is 0. The number of fused-ring (bicyclic) bond motifs is 2. The zero-order valence-corrected chi connectivity index (χ0v) is 29.6. The summed E-state index contributed by atoms with van der Waals surface area (Å²) in [6, 6.07) is 53.4. The van der Waals surface area contributed by atoms with Crippen molar-refractivity contribution in [1.29, 1.82) is 0 Å². The largest absolute Gasteiger partial charge is 0.302 e. The summed E-state index contributed by atoms with van der Waals surface area (Å²) in [6.45, 7) is 0. The monoisotopic (exact) mass is 718 g/mol. The minimum atomic E-state index is 0.0284. The first kappa shape index (κ1) is 30.9. The fraction of sp³-hybridized carbons (Fsp3) is 0. The maximum absolute atomic E-state index is 13.7. The van der Waals surface area contributed by atoms with Gasteiger partial charge in [0.15, 0.2) is 0 Å². The summed E-state index contributed by atoms with van der Waals surface area (Å²) in [5, 5.41) is 3.88. The summed E-state index contributed by atoms with van der Waals surface area (Å²) in [7, 11) is 0. The van der Waals surface area contributed by atoms with Gasteiger partial charge in [0, 0.05) is 52.7 Å². The minimum Gasteiger partial charge on any atom is -0.302 e. The van der Waals surface area contributed by atoms with Gasteiger partial charge in [-0.25, -0.2) is 0 Å². The molecule has 0 saturated heterocycles. The van der Waals surface area contributed by atoms with Crippen LogP contribution in [0.1, 0.15) is 9.75 Å². The molecule has 5 aromatic carbocycles. The molecular weight excluding hydrogens is 693 g/mol. The number of hydrogen-bond donors (Lipinski definition) is 0. The molecule has 240 valence electrons. The lowest BCUT2D eigenvalue weighted by Gasteiger charge is -2.23. The molecule has 0 unspecified atom stereocenters. The van der Waals surface area contributed by atoms with Crippen molar-refractivity contribution >= 4 is 100 Å². The van der Waals surface area contributed by atoms with Crippen LogP contribution in [0.2, 0.25) is 0 Å². The van der Waals surface area contributed by atoms with Crippen LogP contribution in [-0.4, -0.2) is 10.2 Å². The van der Waals surface area contributed by atoms with Gasteiger partial charge in [0.1, 0.15) is 10.0 Å². The molecule has 0 radical (unpaired) electrons. The Morgan fingerprint density at radius 3 is 1.02 bits per heavy atom. The molecular formula is C42H26N2O2S4. The third kappa shape index (κ3) is 5.51. The van der Waals surface area contributed by atoms with Crippen LogP contribution in [0.15, 0.2) is 168 Å². The molecule has 9 rings (SSSR count). The van der Waals surface area contributed by atoms with Gasteiger partial charge in [-0.15, -0.1) is 22.7 Å². The van der Waals surface area contributed by atoms with Crippen molar-refractivity contribution in [2.24, 2.45) is 0 Å². The van der Waals surface area contributed by atoms with Crippen LogP contribution in [0.4, 0.5) is 32.8 Å². The van der Waals surface area contributed by atoms with E-state index in [4.69, 9.17) is 0 Å². The van der Waals surface area contributed by atoms with Crippen molar-refractivity contribution in [3.8, 4) is 0 Å². The van der Waals surface area contributed by atoms with Gasteiger partial charge in [0.2, 0.25) is 10.2 Å². The van der Waals surface area contributed by atoms with E-state index < -0.39 is 0 Å².